The van der Waals surface area contributed by atoms with Crippen LogP contribution in [-0.2, 0) is 6.61 Å². The number of nitrogens with zero attached hydrogens (tertiary/aromatic N) is 2. The molecule has 0 saturated carbocycles. The highest BCUT2D eigenvalue weighted by Gasteiger charge is 2.12. The van der Waals surface area contributed by atoms with E-state index in [0.717, 1.165) is 16.6 Å². The maximum Gasteiger partial charge on any atom is 0.162 e. The van der Waals surface area contributed by atoms with Crippen molar-refractivity contribution in [2.45, 2.75) is 6.61 Å². The highest BCUT2D eigenvalue weighted by atomic mass is 16.5. The van der Waals surface area contributed by atoms with Gasteiger partial charge in [0.15, 0.2) is 11.5 Å². The van der Waals surface area contributed by atoms with E-state index in [1.807, 2.05) is 24.3 Å². The van der Waals surface area contributed by atoms with E-state index in [4.69, 9.17) is 9.47 Å². The molecule has 0 aliphatic rings. The predicted molar refractivity (Wildman–Crippen MR) is 95.2 cm³/mol. The normalized spacial score (nSPS) is 10.3. The molecule has 0 fully saturated rings. The summed E-state index contributed by atoms with van der Waals surface area (Å²) in [7, 11) is 3.12. The van der Waals surface area contributed by atoms with Crippen molar-refractivity contribution in [3.63, 3.8) is 0 Å². The summed E-state index contributed by atoms with van der Waals surface area (Å²) in [6.07, 6.45) is 0. The minimum atomic E-state index is -0.0528. The summed E-state index contributed by atoms with van der Waals surface area (Å²) in [5, 5.41) is 22.6. The van der Waals surface area contributed by atoms with Gasteiger partial charge >= 0.3 is 0 Å². The number of aliphatic hydroxyl groups is 1. The van der Waals surface area contributed by atoms with Crippen LogP contribution in [0.1, 0.15) is 11.1 Å². The van der Waals surface area contributed by atoms with E-state index in [0.29, 0.717) is 28.4 Å². The van der Waals surface area contributed by atoms with Gasteiger partial charge < -0.3 is 19.9 Å². The Bertz CT molecular complexity index is 964. The van der Waals surface area contributed by atoms with Crippen molar-refractivity contribution in [3.8, 4) is 17.6 Å². The quantitative estimate of drug-likeness (QED) is 0.743. The number of fused-ring (bicyclic) bond motifs is 1. The van der Waals surface area contributed by atoms with Crippen LogP contribution < -0.4 is 14.8 Å². The van der Waals surface area contributed by atoms with E-state index >= 15 is 0 Å². The lowest BCUT2D eigenvalue weighted by Crippen LogP contribution is -1.99. The van der Waals surface area contributed by atoms with Gasteiger partial charge in [0.25, 0.3) is 0 Å². The van der Waals surface area contributed by atoms with Crippen molar-refractivity contribution in [1.82, 2.24) is 4.98 Å². The molecule has 1 heterocycles. The van der Waals surface area contributed by atoms with Gasteiger partial charge in [0.2, 0.25) is 0 Å². The number of aromatic nitrogens is 1. The topological polar surface area (TPSA) is 87.4 Å². The highest BCUT2D eigenvalue weighted by molar-refractivity contribution is 5.87. The molecule has 2 aromatic carbocycles. The van der Waals surface area contributed by atoms with Crippen LogP contribution in [-0.4, -0.2) is 24.3 Å². The minimum absolute atomic E-state index is 0.0528. The smallest absolute Gasteiger partial charge is 0.162 e. The standard InChI is InChI=1S/C19H17N3O3/c1-24-17-8-13-7-14(10-20)19(22-16(13)9-18(17)25-2)21-15-5-3-4-12(6-15)11-23/h3-9,23H,11H2,1-2H3,(H,21,22). The van der Waals surface area contributed by atoms with Crippen LogP contribution in [0.25, 0.3) is 10.9 Å². The number of aliphatic hydroxyl groups excluding tert-OH is 1. The van der Waals surface area contributed by atoms with Crippen molar-refractivity contribution in [2.75, 3.05) is 19.5 Å². The molecule has 0 aliphatic heterocycles. The Balaban J connectivity index is 2.09. The van der Waals surface area contributed by atoms with Gasteiger partial charge in [-0.05, 0) is 29.8 Å². The molecule has 0 radical (unpaired) electrons. The number of methoxy groups -OCH3 is 2. The maximum absolute atomic E-state index is 9.46. The zero-order valence-corrected chi connectivity index (χ0v) is 13.9. The van der Waals surface area contributed by atoms with E-state index < -0.39 is 0 Å². The second kappa shape index (κ2) is 7.07. The van der Waals surface area contributed by atoms with Crippen LogP contribution >= 0.6 is 0 Å². The Morgan fingerprint density at radius 3 is 2.56 bits per heavy atom. The zero-order valence-electron chi connectivity index (χ0n) is 13.9. The number of hydrogen-bond donors (Lipinski definition) is 2. The molecule has 3 rings (SSSR count). The molecule has 0 spiro atoms. The van der Waals surface area contributed by atoms with Crippen molar-refractivity contribution >= 4 is 22.4 Å². The Hall–Kier alpha value is -3.30. The van der Waals surface area contributed by atoms with Crippen LogP contribution in [0.5, 0.6) is 11.5 Å². The molecule has 126 valence electrons. The minimum Gasteiger partial charge on any atom is -0.493 e. The maximum atomic E-state index is 9.46. The molecule has 0 bridgehead atoms. The molecular formula is C19H17N3O3. The van der Waals surface area contributed by atoms with Crippen LogP contribution in [0, 0.1) is 11.3 Å². The first-order valence-corrected chi connectivity index (χ1v) is 7.62. The Morgan fingerprint density at radius 1 is 1.12 bits per heavy atom. The van der Waals surface area contributed by atoms with E-state index in [1.165, 1.54) is 0 Å². The monoisotopic (exact) mass is 335 g/mol. The molecular weight excluding hydrogens is 318 g/mol. The van der Waals surface area contributed by atoms with Gasteiger partial charge in [0, 0.05) is 17.1 Å². The highest BCUT2D eigenvalue weighted by Crippen LogP contribution is 2.33. The number of benzene rings is 2. The van der Waals surface area contributed by atoms with Crippen LogP contribution in [0.2, 0.25) is 0 Å². The van der Waals surface area contributed by atoms with E-state index in [2.05, 4.69) is 16.4 Å². The van der Waals surface area contributed by atoms with Gasteiger partial charge in [-0.25, -0.2) is 4.98 Å². The van der Waals surface area contributed by atoms with Crippen LogP contribution in [0.4, 0.5) is 11.5 Å². The molecule has 3 aromatic rings. The third-order valence-electron chi connectivity index (χ3n) is 3.81. The zero-order chi connectivity index (χ0) is 17.8. The summed E-state index contributed by atoms with van der Waals surface area (Å²) in [6, 6.07) is 14.8. The average molecular weight is 335 g/mol. The Labute approximate surface area is 145 Å². The number of pyridine rings is 1. The van der Waals surface area contributed by atoms with Crippen molar-refractivity contribution in [3.05, 3.63) is 53.6 Å². The molecule has 0 unspecified atom stereocenters. The molecule has 6 heteroatoms. The molecule has 25 heavy (non-hydrogen) atoms. The molecule has 2 N–H and O–H groups in total. The lowest BCUT2D eigenvalue weighted by atomic mass is 10.1. The molecule has 6 nitrogen and oxygen atoms in total. The first-order valence-electron chi connectivity index (χ1n) is 7.62. The fraction of sp³-hybridized carbons (Fsp3) is 0.158. The molecule has 0 amide bonds. The average Bonchev–Trinajstić information content (AvgIpc) is 2.66. The first-order chi connectivity index (χ1) is 12.2. The number of hydrogen-bond acceptors (Lipinski definition) is 6. The molecule has 0 atom stereocenters. The number of nitrogens with one attached hydrogen (secondary N) is 1. The summed E-state index contributed by atoms with van der Waals surface area (Å²) < 4.78 is 10.6. The predicted octanol–water partition coefficient (Wildman–Crippen LogP) is 3.36. The number of ether oxygens (including phenoxy) is 2. The Morgan fingerprint density at radius 2 is 1.88 bits per heavy atom. The SMILES string of the molecule is COc1cc2cc(C#N)c(Nc3cccc(CO)c3)nc2cc1OC. The van der Waals surface area contributed by atoms with Gasteiger partial charge in [-0.1, -0.05) is 12.1 Å². The summed E-state index contributed by atoms with van der Waals surface area (Å²) >= 11 is 0. The second-order valence-electron chi connectivity index (χ2n) is 5.38. The fourth-order valence-corrected chi connectivity index (χ4v) is 2.57. The molecule has 0 aliphatic carbocycles. The van der Waals surface area contributed by atoms with Gasteiger partial charge in [0.05, 0.1) is 31.9 Å². The lowest BCUT2D eigenvalue weighted by Gasteiger charge is -2.12. The van der Waals surface area contributed by atoms with Gasteiger partial charge in [-0.2, -0.15) is 5.26 Å². The fourth-order valence-electron chi connectivity index (χ4n) is 2.57. The van der Waals surface area contributed by atoms with Crippen molar-refractivity contribution in [1.29, 1.82) is 5.26 Å². The van der Waals surface area contributed by atoms with Crippen LogP contribution in [0.3, 0.4) is 0 Å². The van der Waals surface area contributed by atoms with E-state index in [1.54, 1.807) is 32.4 Å². The summed E-state index contributed by atoms with van der Waals surface area (Å²) in [6.45, 7) is -0.0528. The number of nitriles is 1. The first kappa shape index (κ1) is 16.6. The van der Waals surface area contributed by atoms with Gasteiger partial charge in [-0.15, -0.1) is 0 Å². The largest absolute Gasteiger partial charge is 0.493 e. The van der Waals surface area contributed by atoms with Gasteiger partial charge in [0.1, 0.15) is 11.9 Å². The van der Waals surface area contributed by atoms with Crippen LogP contribution in [0.15, 0.2) is 42.5 Å². The molecule has 0 saturated heterocycles. The van der Waals surface area contributed by atoms with E-state index in [-0.39, 0.29) is 6.61 Å². The summed E-state index contributed by atoms with van der Waals surface area (Å²) in [5.74, 6) is 1.59. The van der Waals surface area contributed by atoms with Crippen molar-refractivity contribution in [2.24, 2.45) is 0 Å². The lowest BCUT2D eigenvalue weighted by molar-refractivity contribution is 0.282. The second-order valence-corrected chi connectivity index (χ2v) is 5.38. The summed E-state index contributed by atoms with van der Waals surface area (Å²) in [5.41, 5.74) is 2.61. The van der Waals surface area contributed by atoms with E-state index in [9.17, 15) is 10.4 Å². The third-order valence-corrected chi connectivity index (χ3v) is 3.81. The van der Waals surface area contributed by atoms with Crippen molar-refractivity contribution < 1.29 is 14.6 Å². The molecule has 1 aromatic heterocycles. The number of rotatable bonds is 5. The third kappa shape index (κ3) is 3.32. The Kier molecular flexibility index (Phi) is 4.68. The number of anilines is 2. The summed E-state index contributed by atoms with van der Waals surface area (Å²) in [4.78, 5) is 4.55. The van der Waals surface area contributed by atoms with Gasteiger partial charge in [-0.3, -0.25) is 0 Å².